The van der Waals surface area contributed by atoms with E-state index in [1.807, 2.05) is 42.5 Å². The Kier molecular flexibility index (Phi) is 9.83. The van der Waals surface area contributed by atoms with E-state index in [0.717, 1.165) is 11.1 Å². The van der Waals surface area contributed by atoms with E-state index in [2.05, 4.69) is 10.3 Å². The van der Waals surface area contributed by atoms with Crippen molar-refractivity contribution in [1.29, 1.82) is 0 Å². The number of nitrogens with zero attached hydrogens (tertiary/aromatic N) is 2. The van der Waals surface area contributed by atoms with Gasteiger partial charge in [-0.15, -0.1) is 0 Å². The van der Waals surface area contributed by atoms with Crippen molar-refractivity contribution < 1.29 is 23.5 Å². The highest BCUT2D eigenvalue weighted by atomic mass is 19.1. The van der Waals surface area contributed by atoms with Gasteiger partial charge in [0.1, 0.15) is 11.9 Å². The van der Waals surface area contributed by atoms with E-state index in [1.54, 1.807) is 54.7 Å². The molecule has 0 radical (unpaired) electrons. The van der Waals surface area contributed by atoms with Crippen molar-refractivity contribution in [3.8, 4) is 11.5 Å². The maximum atomic E-state index is 13.9. The first kappa shape index (κ1) is 28.3. The molecule has 7 nitrogen and oxygen atoms in total. The SMILES string of the molecule is COc1ccc(CC(=O)N(Cc2ccc(F)cc2)[C@@H](Cc2ccccc2)C(=O)NCc2ccncc2)cc1OC. The van der Waals surface area contributed by atoms with Gasteiger partial charge in [0, 0.05) is 31.9 Å². The third-order valence-electron chi connectivity index (χ3n) is 6.56. The minimum atomic E-state index is -0.818. The van der Waals surface area contributed by atoms with Crippen molar-refractivity contribution in [1.82, 2.24) is 15.2 Å². The Morgan fingerprint density at radius 3 is 2.17 bits per heavy atom. The number of methoxy groups -OCH3 is 2. The van der Waals surface area contributed by atoms with E-state index in [9.17, 15) is 14.0 Å². The molecule has 4 aromatic rings. The average molecular weight is 542 g/mol. The molecule has 1 N–H and O–H groups in total. The maximum Gasteiger partial charge on any atom is 0.243 e. The quantitative estimate of drug-likeness (QED) is 0.280. The molecule has 3 aromatic carbocycles. The minimum absolute atomic E-state index is 0.0322. The molecule has 0 spiro atoms. The van der Waals surface area contributed by atoms with Crippen LogP contribution in [0.25, 0.3) is 0 Å². The Morgan fingerprint density at radius 1 is 0.825 bits per heavy atom. The largest absolute Gasteiger partial charge is 0.493 e. The molecular formula is C32H32FN3O4. The molecule has 1 aromatic heterocycles. The molecule has 0 aliphatic rings. The summed E-state index contributed by atoms with van der Waals surface area (Å²) in [6.07, 6.45) is 3.67. The first-order chi connectivity index (χ1) is 19.5. The second-order valence-electron chi connectivity index (χ2n) is 9.29. The van der Waals surface area contributed by atoms with E-state index in [-0.39, 0.29) is 30.6 Å². The number of nitrogens with one attached hydrogen (secondary N) is 1. The van der Waals surface area contributed by atoms with Gasteiger partial charge in [-0.2, -0.15) is 0 Å². The van der Waals surface area contributed by atoms with Gasteiger partial charge in [-0.05, 0) is 58.7 Å². The molecule has 1 heterocycles. The number of pyridine rings is 1. The van der Waals surface area contributed by atoms with Gasteiger partial charge >= 0.3 is 0 Å². The van der Waals surface area contributed by atoms with Gasteiger partial charge in [-0.1, -0.05) is 48.5 Å². The van der Waals surface area contributed by atoms with Gasteiger partial charge in [0.25, 0.3) is 0 Å². The van der Waals surface area contributed by atoms with Crippen LogP contribution in [0.3, 0.4) is 0 Å². The van der Waals surface area contributed by atoms with Gasteiger partial charge in [-0.3, -0.25) is 14.6 Å². The van der Waals surface area contributed by atoms with E-state index >= 15 is 0 Å². The lowest BCUT2D eigenvalue weighted by Crippen LogP contribution is -2.50. The van der Waals surface area contributed by atoms with E-state index in [4.69, 9.17) is 9.47 Å². The van der Waals surface area contributed by atoms with E-state index < -0.39 is 6.04 Å². The summed E-state index contributed by atoms with van der Waals surface area (Å²) in [6, 6.07) is 23.6. The Balaban J connectivity index is 1.66. The van der Waals surface area contributed by atoms with Crippen molar-refractivity contribution in [2.24, 2.45) is 0 Å². The van der Waals surface area contributed by atoms with Crippen molar-refractivity contribution in [2.45, 2.75) is 32.0 Å². The van der Waals surface area contributed by atoms with Crippen LogP contribution < -0.4 is 14.8 Å². The predicted molar refractivity (Wildman–Crippen MR) is 150 cm³/mol. The van der Waals surface area contributed by atoms with Crippen LogP contribution in [0.1, 0.15) is 22.3 Å². The minimum Gasteiger partial charge on any atom is -0.493 e. The van der Waals surface area contributed by atoms with Crippen LogP contribution >= 0.6 is 0 Å². The number of benzene rings is 3. The zero-order chi connectivity index (χ0) is 28.3. The van der Waals surface area contributed by atoms with Crippen molar-refractivity contribution in [3.63, 3.8) is 0 Å². The molecule has 0 fully saturated rings. The molecular weight excluding hydrogens is 509 g/mol. The number of hydrogen-bond acceptors (Lipinski definition) is 5. The lowest BCUT2D eigenvalue weighted by molar-refractivity contribution is -0.140. The Bertz CT molecular complexity index is 1400. The molecule has 206 valence electrons. The van der Waals surface area contributed by atoms with Crippen LogP contribution in [0.4, 0.5) is 4.39 Å². The van der Waals surface area contributed by atoms with Crippen LogP contribution in [0.5, 0.6) is 11.5 Å². The fourth-order valence-corrected chi connectivity index (χ4v) is 4.41. The highest BCUT2D eigenvalue weighted by Crippen LogP contribution is 2.28. The molecule has 0 bridgehead atoms. The first-order valence-electron chi connectivity index (χ1n) is 12.9. The standard InChI is InChI=1S/C32H32FN3O4/c1-39-29-13-10-26(19-30(29)40-2)20-31(37)36(22-25-8-11-27(33)12-9-25)28(18-23-6-4-3-5-7-23)32(38)35-21-24-14-16-34-17-15-24/h3-17,19,28H,18,20-22H2,1-2H3,(H,35,38)/t28-/m0/s1. The molecule has 8 heteroatoms. The molecule has 0 saturated carbocycles. The van der Waals surface area contributed by atoms with Gasteiger partial charge < -0.3 is 19.7 Å². The third-order valence-corrected chi connectivity index (χ3v) is 6.56. The van der Waals surface area contributed by atoms with Gasteiger partial charge in [0.05, 0.1) is 20.6 Å². The number of aromatic nitrogens is 1. The maximum absolute atomic E-state index is 13.9. The van der Waals surface area contributed by atoms with Gasteiger partial charge in [0.2, 0.25) is 11.8 Å². The van der Waals surface area contributed by atoms with Crippen LogP contribution in [0.15, 0.2) is 97.3 Å². The molecule has 0 saturated heterocycles. The second kappa shape index (κ2) is 13.9. The topological polar surface area (TPSA) is 80.8 Å². The smallest absolute Gasteiger partial charge is 0.243 e. The molecule has 1 atom stereocenters. The number of carbonyl (C=O) groups is 2. The highest BCUT2D eigenvalue weighted by molar-refractivity contribution is 5.89. The first-order valence-corrected chi connectivity index (χ1v) is 12.9. The summed E-state index contributed by atoms with van der Waals surface area (Å²) >= 11 is 0. The monoisotopic (exact) mass is 541 g/mol. The lowest BCUT2D eigenvalue weighted by Gasteiger charge is -2.32. The summed E-state index contributed by atoms with van der Waals surface area (Å²) < 4.78 is 24.4. The van der Waals surface area contributed by atoms with Gasteiger partial charge in [0.15, 0.2) is 11.5 Å². The zero-order valence-corrected chi connectivity index (χ0v) is 22.5. The summed E-state index contributed by atoms with van der Waals surface area (Å²) in [7, 11) is 3.08. The number of halogens is 1. The van der Waals surface area contributed by atoms with Crippen LogP contribution in [-0.2, 0) is 35.5 Å². The Hall–Kier alpha value is -4.72. The number of rotatable bonds is 12. The summed E-state index contributed by atoms with van der Waals surface area (Å²) in [5.41, 5.74) is 3.22. The Morgan fingerprint density at radius 2 is 1.50 bits per heavy atom. The predicted octanol–water partition coefficient (Wildman–Crippen LogP) is 4.74. The highest BCUT2D eigenvalue weighted by Gasteiger charge is 2.30. The fourth-order valence-electron chi connectivity index (χ4n) is 4.41. The summed E-state index contributed by atoms with van der Waals surface area (Å²) in [5, 5.41) is 2.99. The summed E-state index contributed by atoms with van der Waals surface area (Å²) in [6.45, 7) is 0.424. The van der Waals surface area contributed by atoms with Crippen LogP contribution in [0, 0.1) is 5.82 Å². The number of amides is 2. The molecule has 4 rings (SSSR count). The normalized spacial score (nSPS) is 11.4. The van der Waals surface area contributed by atoms with Crippen molar-refractivity contribution in [2.75, 3.05) is 14.2 Å². The number of hydrogen-bond donors (Lipinski definition) is 1. The van der Waals surface area contributed by atoms with E-state index in [1.165, 1.54) is 19.2 Å². The average Bonchev–Trinajstić information content (AvgIpc) is 2.99. The Labute approximate surface area is 233 Å². The van der Waals surface area contributed by atoms with Crippen LogP contribution in [-0.4, -0.2) is 42.0 Å². The fraction of sp³-hybridized carbons (Fsp3) is 0.219. The number of ether oxygens (including phenoxy) is 2. The molecule has 40 heavy (non-hydrogen) atoms. The number of carbonyl (C=O) groups excluding carboxylic acids is 2. The van der Waals surface area contributed by atoms with Crippen molar-refractivity contribution in [3.05, 3.63) is 125 Å². The van der Waals surface area contributed by atoms with E-state index in [0.29, 0.717) is 35.6 Å². The molecule has 0 aliphatic carbocycles. The van der Waals surface area contributed by atoms with Crippen LogP contribution in [0.2, 0.25) is 0 Å². The van der Waals surface area contributed by atoms with Gasteiger partial charge in [-0.25, -0.2) is 4.39 Å². The second-order valence-corrected chi connectivity index (χ2v) is 9.29. The molecule has 0 unspecified atom stereocenters. The zero-order valence-electron chi connectivity index (χ0n) is 22.5. The summed E-state index contributed by atoms with van der Waals surface area (Å²) in [4.78, 5) is 33.3. The summed E-state index contributed by atoms with van der Waals surface area (Å²) in [5.74, 6) is 0.149. The third kappa shape index (κ3) is 7.66. The molecule has 2 amide bonds. The molecule has 0 aliphatic heterocycles. The lowest BCUT2D eigenvalue weighted by atomic mass is 10.0. The van der Waals surface area contributed by atoms with Crippen molar-refractivity contribution >= 4 is 11.8 Å².